The molecule has 7 heteroatoms. The summed E-state index contributed by atoms with van der Waals surface area (Å²) >= 11 is 13.5. The summed E-state index contributed by atoms with van der Waals surface area (Å²) in [7, 11) is 1.65. The van der Waals surface area contributed by atoms with E-state index < -0.39 is 0 Å². The topological polar surface area (TPSA) is 46.5 Å². The predicted molar refractivity (Wildman–Crippen MR) is 106 cm³/mol. The molecule has 25 heavy (non-hydrogen) atoms. The first-order valence-corrected chi connectivity index (χ1v) is 9.06. The minimum absolute atomic E-state index is 0.504. The van der Waals surface area contributed by atoms with Crippen molar-refractivity contribution in [2.24, 2.45) is 5.10 Å². The first-order valence-electron chi connectivity index (χ1n) is 7.42. The summed E-state index contributed by atoms with van der Waals surface area (Å²) in [6.45, 7) is 1.89. The lowest BCUT2D eigenvalue weighted by atomic mass is 10.1. The summed E-state index contributed by atoms with van der Waals surface area (Å²) < 4.78 is 5.17. The van der Waals surface area contributed by atoms with Crippen LogP contribution < -0.4 is 10.2 Å². The number of aromatic nitrogens is 1. The van der Waals surface area contributed by atoms with Gasteiger partial charge in [-0.3, -0.25) is 5.43 Å². The molecule has 0 bridgehead atoms. The van der Waals surface area contributed by atoms with E-state index in [-0.39, 0.29) is 0 Å². The number of hydrazone groups is 1. The predicted octanol–water partition coefficient (Wildman–Crippen LogP) is 5.96. The second kappa shape index (κ2) is 7.87. The van der Waals surface area contributed by atoms with E-state index in [0.29, 0.717) is 15.2 Å². The highest BCUT2D eigenvalue weighted by atomic mass is 35.5. The van der Waals surface area contributed by atoms with Crippen molar-refractivity contribution >= 4 is 45.4 Å². The van der Waals surface area contributed by atoms with Crippen LogP contribution in [0.5, 0.6) is 5.75 Å². The number of halogens is 2. The zero-order valence-electron chi connectivity index (χ0n) is 13.6. The molecule has 128 valence electrons. The second-order valence-corrected chi connectivity index (χ2v) is 6.88. The number of methoxy groups -OCH3 is 1. The third-order valence-corrected chi connectivity index (χ3v) is 5.03. The zero-order valence-corrected chi connectivity index (χ0v) is 15.9. The number of hydrogen-bond donors (Lipinski definition) is 1. The molecule has 0 aliphatic rings. The van der Waals surface area contributed by atoms with E-state index in [1.54, 1.807) is 19.2 Å². The average molecular weight is 392 g/mol. The van der Waals surface area contributed by atoms with E-state index >= 15 is 0 Å². The molecule has 4 nitrogen and oxygen atoms in total. The second-order valence-electron chi connectivity index (χ2n) is 5.20. The number of benzene rings is 2. The van der Waals surface area contributed by atoms with Crippen LogP contribution in [0.25, 0.3) is 11.3 Å². The van der Waals surface area contributed by atoms with Gasteiger partial charge in [-0.2, -0.15) is 5.10 Å². The molecule has 0 saturated heterocycles. The fraction of sp³-hybridized carbons (Fsp3) is 0.111. The molecule has 1 heterocycles. The Morgan fingerprint density at radius 2 is 1.88 bits per heavy atom. The van der Waals surface area contributed by atoms with E-state index in [1.807, 2.05) is 42.6 Å². The largest absolute Gasteiger partial charge is 0.497 e. The number of ether oxygens (including phenoxy) is 1. The van der Waals surface area contributed by atoms with Crippen LogP contribution in [0.2, 0.25) is 10.0 Å². The molecule has 0 spiro atoms. The summed E-state index contributed by atoms with van der Waals surface area (Å²) in [4.78, 5) is 4.55. The van der Waals surface area contributed by atoms with Crippen LogP contribution in [-0.2, 0) is 0 Å². The van der Waals surface area contributed by atoms with Crippen molar-refractivity contribution in [2.45, 2.75) is 6.92 Å². The Bertz CT molecular complexity index is 907. The molecular formula is C18H15Cl2N3OS. The lowest BCUT2D eigenvalue weighted by molar-refractivity contribution is 0.415. The summed E-state index contributed by atoms with van der Waals surface area (Å²) in [6.07, 6.45) is 0. The first-order chi connectivity index (χ1) is 12.1. The molecule has 0 aliphatic heterocycles. The van der Waals surface area contributed by atoms with Crippen molar-refractivity contribution in [1.29, 1.82) is 0 Å². The number of anilines is 1. The first kappa shape index (κ1) is 17.7. The highest BCUT2D eigenvalue weighted by Gasteiger charge is 2.06. The molecule has 0 atom stereocenters. The number of hydrogen-bond acceptors (Lipinski definition) is 5. The molecule has 2 aromatic carbocycles. The molecule has 0 radical (unpaired) electrons. The number of rotatable bonds is 5. The number of nitrogens with zero attached hydrogens (tertiary/aromatic N) is 2. The van der Waals surface area contributed by atoms with Crippen LogP contribution in [0.4, 0.5) is 5.13 Å². The standard InChI is InChI=1S/C18H15Cl2N3OS/c1-11(13-5-8-15(19)16(20)9-13)22-23-18-21-17(10-25-18)12-3-6-14(24-2)7-4-12/h3-10H,1-2H3,(H,21,23). The van der Waals surface area contributed by atoms with E-state index in [2.05, 4.69) is 15.5 Å². The van der Waals surface area contributed by atoms with Crippen LogP contribution in [0.3, 0.4) is 0 Å². The van der Waals surface area contributed by atoms with Gasteiger partial charge in [0.25, 0.3) is 0 Å². The fourth-order valence-electron chi connectivity index (χ4n) is 2.14. The normalized spacial score (nSPS) is 11.4. The number of nitrogens with one attached hydrogen (secondary N) is 1. The molecule has 0 fully saturated rings. The van der Waals surface area contributed by atoms with Gasteiger partial charge in [-0.25, -0.2) is 4.98 Å². The van der Waals surface area contributed by atoms with E-state index in [9.17, 15) is 0 Å². The Hall–Kier alpha value is -2.08. The van der Waals surface area contributed by atoms with Gasteiger partial charge in [0, 0.05) is 10.9 Å². The van der Waals surface area contributed by atoms with Crippen molar-refractivity contribution < 1.29 is 4.74 Å². The molecular weight excluding hydrogens is 377 g/mol. The minimum atomic E-state index is 0.504. The Morgan fingerprint density at radius 1 is 1.12 bits per heavy atom. The Morgan fingerprint density at radius 3 is 2.56 bits per heavy atom. The highest BCUT2D eigenvalue weighted by Crippen LogP contribution is 2.27. The molecule has 0 amide bonds. The smallest absolute Gasteiger partial charge is 0.203 e. The maximum absolute atomic E-state index is 6.04. The lowest BCUT2D eigenvalue weighted by Crippen LogP contribution is -1.99. The molecule has 0 saturated carbocycles. The van der Waals surface area contributed by atoms with Gasteiger partial charge >= 0.3 is 0 Å². The Kier molecular flexibility index (Phi) is 5.58. The van der Waals surface area contributed by atoms with Crippen LogP contribution in [0, 0.1) is 0 Å². The van der Waals surface area contributed by atoms with Gasteiger partial charge in [0.1, 0.15) is 5.75 Å². The molecule has 0 unspecified atom stereocenters. The quantitative estimate of drug-likeness (QED) is 0.430. The monoisotopic (exact) mass is 391 g/mol. The van der Waals surface area contributed by atoms with Crippen molar-refractivity contribution in [3.63, 3.8) is 0 Å². The van der Waals surface area contributed by atoms with Gasteiger partial charge in [-0.05, 0) is 48.9 Å². The van der Waals surface area contributed by atoms with E-state index in [1.165, 1.54) is 11.3 Å². The minimum Gasteiger partial charge on any atom is -0.497 e. The third kappa shape index (κ3) is 4.31. The van der Waals surface area contributed by atoms with Gasteiger partial charge in [0.05, 0.1) is 28.6 Å². The van der Waals surface area contributed by atoms with Crippen molar-refractivity contribution in [2.75, 3.05) is 12.5 Å². The van der Waals surface area contributed by atoms with Gasteiger partial charge in [0.2, 0.25) is 5.13 Å². The third-order valence-electron chi connectivity index (χ3n) is 3.55. The summed E-state index contributed by atoms with van der Waals surface area (Å²) in [5.74, 6) is 0.819. The van der Waals surface area contributed by atoms with E-state index in [0.717, 1.165) is 28.3 Å². The van der Waals surface area contributed by atoms with Gasteiger partial charge < -0.3 is 4.74 Å². The fourth-order valence-corrected chi connectivity index (χ4v) is 3.10. The van der Waals surface area contributed by atoms with Crippen LogP contribution in [0.1, 0.15) is 12.5 Å². The van der Waals surface area contributed by atoms with Crippen molar-refractivity contribution in [1.82, 2.24) is 4.98 Å². The molecule has 1 N–H and O–H groups in total. The molecule has 1 aromatic heterocycles. The van der Waals surface area contributed by atoms with Gasteiger partial charge in [-0.1, -0.05) is 29.3 Å². The van der Waals surface area contributed by atoms with Gasteiger partial charge in [0.15, 0.2) is 0 Å². The summed E-state index contributed by atoms with van der Waals surface area (Å²) in [5, 5.41) is 8.08. The van der Waals surface area contributed by atoms with Crippen molar-refractivity contribution in [3.05, 3.63) is 63.5 Å². The van der Waals surface area contributed by atoms with Crippen LogP contribution >= 0.6 is 34.5 Å². The van der Waals surface area contributed by atoms with Gasteiger partial charge in [-0.15, -0.1) is 11.3 Å². The Labute approximate surface area is 160 Å². The zero-order chi connectivity index (χ0) is 17.8. The van der Waals surface area contributed by atoms with Crippen LogP contribution in [-0.4, -0.2) is 17.8 Å². The molecule has 3 aromatic rings. The van der Waals surface area contributed by atoms with E-state index in [4.69, 9.17) is 27.9 Å². The SMILES string of the molecule is COc1ccc(-c2csc(NN=C(C)c3ccc(Cl)c(Cl)c3)n2)cc1. The average Bonchev–Trinajstić information content (AvgIpc) is 3.11. The van der Waals surface area contributed by atoms with Crippen LogP contribution in [0.15, 0.2) is 52.9 Å². The summed E-state index contributed by atoms with van der Waals surface area (Å²) in [6, 6.07) is 13.2. The maximum Gasteiger partial charge on any atom is 0.203 e. The number of thiazole rings is 1. The maximum atomic E-state index is 6.04. The lowest BCUT2D eigenvalue weighted by Gasteiger charge is -2.03. The molecule has 0 aliphatic carbocycles. The summed E-state index contributed by atoms with van der Waals surface area (Å²) in [5.41, 5.74) is 6.58. The highest BCUT2D eigenvalue weighted by molar-refractivity contribution is 7.14. The Balaban J connectivity index is 1.73. The van der Waals surface area contributed by atoms with Crippen molar-refractivity contribution in [3.8, 4) is 17.0 Å². The molecule has 3 rings (SSSR count).